The van der Waals surface area contributed by atoms with Crippen LogP contribution in [0.4, 0.5) is 11.4 Å². The molecule has 22 heavy (non-hydrogen) atoms. The van der Waals surface area contributed by atoms with Gasteiger partial charge in [-0.1, -0.05) is 35.3 Å². The summed E-state index contributed by atoms with van der Waals surface area (Å²) in [5.41, 5.74) is 7.71. The first-order valence-electron chi connectivity index (χ1n) is 6.51. The van der Waals surface area contributed by atoms with Crippen molar-refractivity contribution in [3.63, 3.8) is 0 Å². The van der Waals surface area contributed by atoms with Crippen LogP contribution in [0.15, 0.2) is 36.4 Å². The summed E-state index contributed by atoms with van der Waals surface area (Å²) in [6, 6.07) is 10.1. The number of carbonyl (C=O) groups excluding carboxylic acids is 2. The van der Waals surface area contributed by atoms with Crippen LogP contribution >= 0.6 is 23.2 Å². The largest absolute Gasteiger partial charge is 0.398 e. The van der Waals surface area contributed by atoms with E-state index in [0.717, 1.165) is 5.56 Å². The molecule has 0 heterocycles. The van der Waals surface area contributed by atoms with Crippen molar-refractivity contribution in [1.29, 1.82) is 0 Å². The summed E-state index contributed by atoms with van der Waals surface area (Å²) in [6.07, 6.45) is 0.142. The van der Waals surface area contributed by atoms with Crippen LogP contribution in [0.1, 0.15) is 22.8 Å². The molecule has 0 aromatic heterocycles. The fourth-order valence-corrected chi connectivity index (χ4v) is 2.59. The van der Waals surface area contributed by atoms with Gasteiger partial charge in [-0.3, -0.25) is 9.59 Å². The predicted octanol–water partition coefficient (Wildman–Crippen LogP) is 3.96. The number of nitrogen functional groups attached to an aromatic ring is 1. The van der Waals surface area contributed by atoms with Gasteiger partial charge in [0.05, 0.1) is 21.3 Å². The van der Waals surface area contributed by atoms with Crippen LogP contribution in [-0.4, -0.2) is 11.7 Å². The quantitative estimate of drug-likeness (QED) is 0.655. The highest BCUT2D eigenvalue weighted by Gasteiger charge is 2.17. The minimum Gasteiger partial charge on any atom is -0.398 e. The van der Waals surface area contributed by atoms with Gasteiger partial charge in [0.15, 0.2) is 5.78 Å². The third kappa shape index (κ3) is 3.78. The molecular weight excluding hydrogens is 323 g/mol. The van der Waals surface area contributed by atoms with Gasteiger partial charge in [-0.15, -0.1) is 0 Å². The summed E-state index contributed by atoms with van der Waals surface area (Å²) in [6.45, 7) is 1.43. The van der Waals surface area contributed by atoms with E-state index in [4.69, 9.17) is 28.9 Å². The third-order valence-corrected chi connectivity index (χ3v) is 3.76. The van der Waals surface area contributed by atoms with Gasteiger partial charge in [0.2, 0.25) is 5.91 Å². The molecule has 114 valence electrons. The molecule has 1 amide bonds. The Labute approximate surface area is 138 Å². The molecule has 0 saturated carbocycles. The fraction of sp³-hybridized carbons (Fsp3) is 0.125. The number of amides is 1. The third-order valence-electron chi connectivity index (χ3n) is 3.04. The maximum Gasteiger partial charge on any atom is 0.221 e. The highest BCUT2D eigenvalue weighted by Crippen LogP contribution is 2.31. The standard InChI is InChI=1S/C16H14Cl2N2O2/c1-9(21)20-11-4-2-10(3-5-11)8-14(22)15-12(17)6-7-13(19)16(15)18/h2-7H,8,19H2,1H3,(H,20,21). The molecule has 0 fully saturated rings. The molecule has 2 rings (SSSR count). The highest BCUT2D eigenvalue weighted by atomic mass is 35.5. The van der Waals surface area contributed by atoms with Crippen molar-refractivity contribution < 1.29 is 9.59 Å². The molecule has 0 bridgehead atoms. The monoisotopic (exact) mass is 336 g/mol. The first-order valence-corrected chi connectivity index (χ1v) is 7.27. The molecule has 2 aromatic carbocycles. The number of anilines is 2. The number of hydrogen-bond acceptors (Lipinski definition) is 3. The normalized spacial score (nSPS) is 10.3. The molecule has 0 aliphatic heterocycles. The van der Waals surface area contributed by atoms with Gasteiger partial charge < -0.3 is 11.1 Å². The summed E-state index contributed by atoms with van der Waals surface area (Å²) < 4.78 is 0. The molecule has 0 aliphatic rings. The SMILES string of the molecule is CC(=O)Nc1ccc(CC(=O)c2c(Cl)ccc(N)c2Cl)cc1. The second kappa shape index (κ2) is 6.81. The van der Waals surface area contributed by atoms with Crippen molar-refractivity contribution in [3.8, 4) is 0 Å². The smallest absolute Gasteiger partial charge is 0.221 e. The van der Waals surface area contributed by atoms with E-state index in [0.29, 0.717) is 11.4 Å². The minimum atomic E-state index is -0.213. The average molecular weight is 337 g/mol. The topological polar surface area (TPSA) is 72.2 Å². The Morgan fingerprint density at radius 1 is 1.09 bits per heavy atom. The van der Waals surface area contributed by atoms with E-state index in [1.54, 1.807) is 36.4 Å². The van der Waals surface area contributed by atoms with E-state index in [-0.39, 0.29) is 33.7 Å². The predicted molar refractivity (Wildman–Crippen MR) is 89.7 cm³/mol. The summed E-state index contributed by atoms with van der Waals surface area (Å²) >= 11 is 12.1. The summed E-state index contributed by atoms with van der Waals surface area (Å²) in [5.74, 6) is -0.364. The van der Waals surface area contributed by atoms with Crippen molar-refractivity contribution >= 4 is 46.3 Å². The number of halogens is 2. The lowest BCUT2D eigenvalue weighted by Crippen LogP contribution is -2.08. The average Bonchev–Trinajstić information content (AvgIpc) is 2.45. The van der Waals surface area contributed by atoms with E-state index in [1.807, 2.05) is 0 Å². The Hall–Kier alpha value is -2.04. The van der Waals surface area contributed by atoms with Crippen molar-refractivity contribution in [2.75, 3.05) is 11.1 Å². The zero-order valence-electron chi connectivity index (χ0n) is 11.8. The van der Waals surface area contributed by atoms with Crippen molar-refractivity contribution in [2.45, 2.75) is 13.3 Å². The van der Waals surface area contributed by atoms with Crippen molar-refractivity contribution in [1.82, 2.24) is 0 Å². The van der Waals surface area contributed by atoms with E-state index in [1.165, 1.54) is 6.92 Å². The molecule has 0 unspecified atom stereocenters. The number of hydrogen-bond donors (Lipinski definition) is 2. The molecular formula is C16H14Cl2N2O2. The van der Waals surface area contributed by atoms with Crippen LogP contribution in [-0.2, 0) is 11.2 Å². The van der Waals surface area contributed by atoms with Crippen LogP contribution in [0.5, 0.6) is 0 Å². The van der Waals surface area contributed by atoms with Gasteiger partial charge in [-0.25, -0.2) is 0 Å². The molecule has 0 aliphatic carbocycles. The maximum absolute atomic E-state index is 12.4. The maximum atomic E-state index is 12.4. The Bertz CT molecular complexity index is 728. The fourth-order valence-electron chi connectivity index (χ4n) is 2.01. The molecule has 6 heteroatoms. The Morgan fingerprint density at radius 3 is 2.32 bits per heavy atom. The number of ketones is 1. The number of rotatable bonds is 4. The Balaban J connectivity index is 2.19. The van der Waals surface area contributed by atoms with E-state index in [2.05, 4.69) is 5.32 Å². The molecule has 0 atom stereocenters. The van der Waals surface area contributed by atoms with E-state index < -0.39 is 0 Å². The molecule has 3 N–H and O–H groups in total. The summed E-state index contributed by atoms with van der Waals surface area (Å²) in [4.78, 5) is 23.3. The lowest BCUT2D eigenvalue weighted by Gasteiger charge is -2.09. The van der Waals surface area contributed by atoms with E-state index in [9.17, 15) is 9.59 Å². The van der Waals surface area contributed by atoms with Gasteiger partial charge in [0, 0.05) is 19.0 Å². The number of Topliss-reactive ketones (excluding diaryl/α,β-unsaturated/α-hetero) is 1. The van der Waals surface area contributed by atoms with Crippen LogP contribution in [0.2, 0.25) is 10.0 Å². The molecule has 2 aromatic rings. The zero-order valence-corrected chi connectivity index (χ0v) is 13.3. The van der Waals surface area contributed by atoms with Crippen LogP contribution in [0, 0.1) is 0 Å². The number of carbonyl (C=O) groups is 2. The van der Waals surface area contributed by atoms with Crippen molar-refractivity contribution in [3.05, 3.63) is 57.6 Å². The van der Waals surface area contributed by atoms with Crippen molar-refractivity contribution in [2.24, 2.45) is 0 Å². The summed E-state index contributed by atoms with van der Waals surface area (Å²) in [5, 5.41) is 3.11. The summed E-state index contributed by atoms with van der Waals surface area (Å²) in [7, 11) is 0. The van der Waals surface area contributed by atoms with Gasteiger partial charge in [-0.05, 0) is 29.8 Å². The van der Waals surface area contributed by atoms with Crippen LogP contribution < -0.4 is 11.1 Å². The number of nitrogens with two attached hydrogens (primary N) is 1. The van der Waals surface area contributed by atoms with Crippen LogP contribution in [0.3, 0.4) is 0 Å². The van der Waals surface area contributed by atoms with Gasteiger partial charge >= 0.3 is 0 Å². The van der Waals surface area contributed by atoms with Gasteiger partial charge in [0.1, 0.15) is 0 Å². The van der Waals surface area contributed by atoms with Crippen LogP contribution in [0.25, 0.3) is 0 Å². The lowest BCUT2D eigenvalue weighted by molar-refractivity contribution is -0.114. The number of nitrogens with one attached hydrogen (secondary N) is 1. The highest BCUT2D eigenvalue weighted by molar-refractivity contribution is 6.41. The van der Waals surface area contributed by atoms with Gasteiger partial charge in [0.25, 0.3) is 0 Å². The second-order valence-corrected chi connectivity index (χ2v) is 5.59. The molecule has 0 radical (unpaired) electrons. The molecule has 4 nitrogen and oxygen atoms in total. The van der Waals surface area contributed by atoms with Gasteiger partial charge in [-0.2, -0.15) is 0 Å². The minimum absolute atomic E-state index is 0.142. The Kier molecular flexibility index (Phi) is 5.06. The first kappa shape index (κ1) is 16.3. The first-order chi connectivity index (χ1) is 10.4. The second-order valence-electron chi connectivity index (χ2n) is 4.80. The number of benzene rings is 2. The Morgan fingerprint density at radius 2 is 1.73 bits per heavy atom. The molecule has 0 spiro atoms. The molecule has 0 saturated heterocycles. The lowest BCUT2D eigenvalue weighted by atomic mass is 10.0. The van der Waals surface area contributed by atoms with E-state index >= 15 is 0 Å². The zero-order chi connectivity index (χ0) is 16.3.